The number of carbonyl (C=O) groups is 1. The summed E-state index contributed by atoms with van der Waals surface area (Å²) in [6, 6.07) is 8.59. The smallest absolute Gasteiger partial charge is 0.287 e. The van der Waals surface area contributed by atoms with E-state index in [0.717, 1.165) is 10.0 Å². The molecule has 0 N–H and O–H groups in total. The van der Waals surface area contributed by atoms with Crippen molar-refractivity contribution in [3.63, 3.8) is 0 Å². The summed E-state index contributed by atoms with van der Waals surface area (Å²) < 4.78 is 6.07. The van der Waals surface area contributed by atoms with Crippen LogP contribution in [0.5, 0.6) is 0 Å². The van der Waals surface area contributed by atoms with Crippen molar-refractivity contribution < 1.29 is 9.21 Å². The number of furan rings is 1. The maximum absolute atomic E-state index is 10.8. The third kappa shape index (κ3) is 2.32. The molecule has 0 atom stereocenters. The summed E-state index contributed by atoms with van der Waals surface area (Å²) >= 11 is 14.5. The van der Waals surface area contributed by atoms with Crippen LogP contribution in [0.3, 0.4) is 0 Å². The minimum absolute atomic E-state index is 0.121. The standard InChI is InChI=1S/C11H5BrCl2O2/c12-7-2-1-6(5-8(7)13)9-3-4-10(16-9)11(14)15/h1-5H. The lowest BCUT2D eigenvalue weighted by Crippen LogP contribution is -1.82. The first-order valence-corrected chi connectivity index (χ1v) is 5.88. The normalized spacial score (nSPS) is 10.4. The van der Waals surface area contributed by atoms with Crippen LogP contribution in [0.2, 0.25) is 5.02 Å². The van der Waals surface area contributed by atoms with Crippen LogP contribution in [-0.4, -0.2) is 5.24 Å². The Bertz CT molecular complexity index is 549. The Kier molecular flexibility index (Phi) is 3.38. The number of rotatable bonds is 2. The van der Waals surface area contributed by atoms with Gasteiger partial charge in [0.2, 0.25) is 0 Å². The molecular weight excluding hydrogens is 315 g/mol. The van der Waals surface area contributed by atoms with Crippen molar-refractivity contribution in [2.75, 3.05) is 0 Å². The van der Waals surface area contributed by atoms with Gasteiger partial charge in [0.15, 0.2) is 5.76 Å². The summed E-state index contributed by atoms with van der Waals surface area (Å²) in [6.07, 6.45) is 0. The van der Waals surface area contributed by atoms with Gasteiger partial charge in [-0.15, -0.1) is 0 Å². The van der Waals surface area contributed by atoms with E-state index in [1.807, 2.05) is 12.1 Å². The van der Waals surface area contributed by atoms with E-state index in [0.29, 0.717) is 10.8 Å². The van der Waals surface area contributed by atoms with Crippen molar-refractivity contribution in [2.45, 2.75) is 0 Å². The predicted octanol–water partition coefficient (Wildman–Crippen LogP) is 4.74. The molecule has 16 heavy (non-hydrogen) atoms. The molecule has 82 valence electrons. The molecule has 0 saturated carbocycles. The third-order valence-electron chi connectivity index (χ3n) is 2.00. The van der Waals surface area contributed by atoms with E-state index in [1.165, 1.54) is 6.07 Å². The summed E-state index contributed by atoms with van der Waals surface area (Å²) in [5.74, 6) is 0.675. The van der Waals surface area contributed by atoms with E-state index >= 15 is 0 Å². The zero-order valence-corrected chi connectivity index (χ0v) is 10.9. The van der Waals surface area contributed by atoms with Crippen LogP contribution < -0.4 is 0 Å². The van der Waals surface area contributed by atoms with Gasteiger partial charge < -0.3 is 4.42 Å². The highest BCUT2D eigenvalue weighted by molar-refractivity contribution is 9.10. The molecule has 1 heterocycles. The molecule has 1 aromatic heterocycles. The molecule has 0 aliphatic carbocycles. The Morgan fingerprint density at radius 1 is 1.25 bits per heavy atom. The Morgan fingerprint density at radius 3 is 2.56 bits per heavy atom. The number of halogens is 3. The fraction of sp³-hybridized carbons (Fsp3) is 0. The van der Waals surface area contributed by atoms with Crippen molar-refractivity contribution in [3.05, 3.63) is 45.6 Å². The summed E-state index contributed by atoms with van der Waals surface area (Å²) in [5.41, 5.74) is 0.789. The van der Waals surface area contributed by atoms with E-state index in [4.69, 9.17) is 27.6 Å². The van der Waals surface area contributed by atoms with Crippen LogP contribution in [-0.2, 0) is 0 Å². The molecule has 2 nitrogen and oxygen atoms in total. The molecule has 0 aliphatic heterocycles. The predicted molar refractivity (Wildman–Crippen MR) is 67.0 cm³/mol. The molecule has 1 aromatic carbocycles. The average molecular weight is 320 g/mol. The largest absolute Gasteiger partial charge is 0.452 e. The summed E-state index contributed by atoms with van der Waals surface area (Å²) in [6.45, 7) is 0. The second-order valence-corrected chi connectivity index (χ2v) is 4.67. The number of benzene rings is 1. The Morgan fingerprint density at radius 2 is 2.00 bits per heavy atom. The lowest BCUT2D eigenvalue weighted by Gasteiger charge is -1.99. The van der Waals surface area contributed by atoms with Crippen LogP contribution in [0.4, 0.5) is 0 Å². The van der Waals surface area contributed by atoms with Gasteiger partial charge in [0, 0.05) is 10.0 Å². The maximum Gasteiger partial charge on any atom is 0.287 e. The highest BCUT2D eigenvalue weighted by Gasteiger charge is 2.10. The Hall–Kier alpha value is -0.770. The summed E-state index contributed by atoms with van der Waals surface area (Å²) in [7, 11) is 0. The molecule has 0 radical (unpaired) electrons. The minimum Gasteiger partial charge on any atom is -0.452 e. The van der Waals surface area contributed by atoms with Gasteiger partial charge in [-0.05, 0) is 51.8 Å². The molecular formula is C11H5BrCl2O2. The average Bonchev–Trinajstić information content (AvgIpc) is 2.71. The van der Waals surface area contributed by atoms with E-state index < -0.39 is 5.24 Å². The number of carbonyl (C=O) groups excluding carboxylic acids is 1. The molecule has 2 rings (SSSR count). The monoisotopic (exact) mass is 318 g/mol. The van der Waals surface area contributed by atoms with Gasteiger partial charge in [0.25, 0.3) is 5.24 Å². The third-order valence-corrected chi connectivity index (χ3v) is 3.42. The van der Waals surface area contributed by atoms with Gasteiger partial charge >= 0.3 is 0 Å². The second-order valence-electron chi connectivity index (χ2n) is 3.07. The molecule has 0 fully saturated rings. The molecule has 0 spiro atoms. The van der Waals surface area contributed by atoms with E-state index in [2.05, 4.69) is 15.9 Å². The van der Waals surface area contributed by atoms with Crippen LogP contribution in [0.1, 0.15) is 10.6 Å². The fourth-order valence-electron chi connectivity index (χ4n) is 1.25. The highest BCUT2D eigenvalue weighted by atomic mass is 79.9. The molecule has 0 unspecified atom stereocenters. The van der Waals surface area contributed by atoms with Gasteiger partial charge in [0.05, 0.1) is 5.02 Å². The van der Waals surface area contributed by atoms with Gasteiger partial charge in [-0.1, -0.05) is 17.7 Å². The van der Waals surface area contributed by atoms with Crippen LogP contribution >= 0.6 is 39.1 Å². The summed E-state index contributed by atoms with van der Waals surface area (Å²) in [4.78, 5) is 10.8. The van der Waals surface area contributed by atoms with E-state index in [9.17, 15) is 4.79 Å². The van der Waals surface area contributed by atoms with E-state index in [1.54, 1.807) is 12.1 Å². The van der Waals surface area contributed by atoms with Crippen molar-refractivity contribution in [1.29, 1.82) is 0 Å². The number of hydrogen-bond donors (Lipinski definition) is 0. The zero-order chi connectivity index (χ0) is 11.7. The number of hydrogen-bond acceptors (Lipinski definition) is 2. The fourth-order valence-corrected chi connectivity index (χ4v) is 1.78. The topological polar surface area (TPSA) is 30.2 Å². The molecule has 2 aromatic rings. The van der Waals surface area contributed by atoms with Crippen molar-refractivity contribution in [1.82, 2.24) is 0 Å². The molecule has 0 aliphatic rings. The summed E-state index contributed by atoms with van der Waals surface area (Å²) in [5, 5.41) is -0.0397. The first-order chi connectivity index (χ1) is 7.58. The first-order valence-electron chi connectivity index (χ1n) is 4.33. The zero-order valence-electron chi connectivity index (χ0n) is 7.84. The molecule has 0 saturated heterocycles. The van der Waals surface area contributed by atoms with Crippen LogP contribution in [0, 0.1) is 0 Å². The lowest BCUT2D eigenvalue weighted by molar-refractivity contribution is 0.105. The quantitative estimate of drug-likeness (QED) is 0.748. The Labute approximate surface area is 110 Å². The van der Waals surface area contributed by atoms with Crippen molar-refractivity contribution in [3.8, 4) is 11.3 Å². The lowest BCUT2D eigenvalue weighted by atomic mass is 10.2. The molecule has 0 bridgehead atoms. The van der Waals surface area contributed by atoms with Gasteiger partial charge in [0.1, 0.15) is 5.76 Å². The second kappa shape index (κ2) is 4.62. The van der Waals surface area contributed by atoms with Gasteiger partial charge in [-0.2, -0.15) is 0 Å². The Balaban J connectivity index is 2.42. The highest BCUT2D eigenvalue weighted by Crippen LogP contribution is 2.30. The molecule has 0 amide bonds. The van der Waals surface area contributed by atoms with E-state index in [-0.39, 0.29) is 5.76 Å². The van der Waals surface area contributed by atoms with Crippen LogP contribution in [0.25, 0.3) is 11.3 Å². The van der Waals surface area contributed by atoms with Gasteiger partial charge in [-0.3, -0.25) is 4.79 Å². The maximum atomic E-state index is 10.8. The van der Waals surface area contributed by atoms with Crippen molar-refractivity contribution in [2.24, 2.45) is 0 Å². The minimum atomic E-state index is -0.616. The van der Waals surface area contributed by atoms with Gasteiger partial charge in [-0.25, -0.2) is 0 Å². The molecule has 5 heteroatoms. The first kappa shape index (κ1) is 11.7. The van der Waals surface area contributed by atoms with Crippen LogP contribution in [0.15, 0.2) is 39.2 Å². The van der Waals surface area contributed by atoms with Crippen molar-refractivity contribution >= 4 is 44.4 Å². The SMILES string of the molecule is O=C(Cl)c1ccc(-c2ccc(Br)c(Cl)c2)o1.